The summed E-state index contributed by atoms with van der Waals surface area (Å²) in [6, 6.07) is 4.12. The molecule has 1 amide bonds. The molecule has 0 radical (unpaired) electrons. The number of hydrogen-bond acceptors (Lipinski definition) is 3. The maximum atomic E-state index is 13.5. The summed E-state index contributed by atoms with van der Waals surface area (Å²) < 4.78 is 18.1. The minimum atomic E-state index is -1.09. The molecule has 0 heterocycles. The maximum Gasteiger partial charge on any atom is 0.407 e. The topological polar surface area (TPSA) is 75.6 Å². The predicted octanol–water partition coefficient (Wildman–Crippen LogP) is 2.17. The Morgan fingerprint density at radius 3 is 2.84 bits per heavy atom. The highest BCUT2D eigenvalue weighted by atomic mass is 19.1. The van der Waals surface area contributed by atoms with Crippen LogP contribution in [0.1, 0.15) is 18.1 Å². The summed E-state index contributed by atoms with van der Waals surface area (Å²) in [5.41, 5.74) is 0.782. The Kier molecular flexibility index (Phi) is 5.53. The van der Waals surface area contributed by atoms with Crippen molar-refractivity contribution in [3.8, 4) is 0 Å². The van der Waals surface area contributed by atoms with Gasteiger partial charge < -0.3 is 15.2 Å². The van der Waals surface area contributed by atoms with Crippen molar-refractivity contribution in [2.24, 2.45) is 0 Å². The van der Waals surface area contributed by atoms with Gasteiger partial charge in [0, 0.05) is 18.2 Å². The number of amides is 1. The molecule has 0 aliphatic carbocycles. The van der Waals surface area contributed by atoms with Crippen LogP contribution in [0.15, 0.2) is 24.3 Å². The van der Waals surface area contributed by atoms with E-state index in [1.54, 1.807) is 6.92 Å². The van der Waals surface area contributed by atoms with Crippen LogP contribution in [0.2, 0.25) is 0 Å². The van der Waals surface area contributed by atoms with E-state index in [0.717, 1.165) is 6.08 Å². The highest BCUT2D eigenvalue weighted by molar-refractivity contribution is 5.85. The van der Waals surface area contributed by atoms with E-state index in [9.17, 15) is 14.0 Å². The predicted molar refractivity (Wildman–Crippen MR) is 66.9 cm³/mol. The van der Waals surface area contributed by atoms with E-state index < -0.39 is 17.9 Å². The van der Waals surface area contributed by atoms with Gasteiger partial charge in [0.15, 0.2) is 0 Å². The first kappa shape index (κ1) is 14.7. The van der Waals surface area contributed by atoms with Gasteiger partial charge in [0.25, 0.3) is 0 Å². The van der Waals surface area contributed by atoms with Crippen LogP contribution in [0, 0.1) is 5.82 Å². The van der Waals surface area contributed by atoms with Gasteiger partial charge in [-0.3, -0.25) is 0 Å². The minimum absolute atomic E-state index is 0.0284. The number of alkyl carbamates (subject to hydrolysis) is 1. The molecule has 0 atom stereocenters. The van der Waals surface area contributed by atoms with Crippen molar-refractivity contribution in [1.29, 1.82) is 0 Å². The van der Waals surface area contributed by atoms with Crippen LogP contribution < -0.4 is 5.32 Å². The van der Waals surface area contributed by atoms with Gasteiger partial charge in [0.2, 0.25) is 0 Å². The molecular formula is C13H14FNO4. The summed E-state index contributed by atoms with van der Waals surface area (Å²) in [4.78, 5) is 21.5. The second kappa shape index (κ2) is 7.15. The number of rotatable bonds is 5. The summed E-state index contributed by atoms with van der Waals surface area (Å²) in [7, 11) is 0. The zero-order chi connectivity index (χ0) is 14.3. The van der Waals surface area contributed by atoms with E-state index in [1.807, 2.05) is 0 Å². The van der Waals surface area contributed by atoms with Crippen molar-refractivity contribution in [1.82, 2.24) is 5.32 Å². The Balaban J connectivity index is 2.74. The molecule has 0 aliphatic rings. The molecule has 0 unspecified atom stereocenters. The Hall–Kier alpha value is -2.37. The first-order chi connectivity index (χ1) is 9.02. The number of aliphatic carboxylic acids is 1. The number of halogens is 1. The lowest BCUT2D eigenvalue weighted by molar-refractivity contribution is -0.131. The lowest BCUT2D eigenvalue weighted by Crippen LogP contribution is -2.24. The second-order valence-electron chi connectivity index (χ2n) is 3.60. The van der Waals surface area contributed by atoms with Crippen LogP contribution in [0.5, 0.6) is 0 Å². The van der Waals surface area contributed by atoms with Gasteiger partial charge in [-0.25, -0.2) is 14.0 Å². The van der Waals surface area contributed by atoms with Gasteiger partial charge in [0.1, 0.15) is 5.82 Å². The van der Waals surface area contributed by atoms with E-state index in [0.29, 0.717) is 5.56 Å². The summed E-state index contributed by atoms with van der Waals surface area (Å²) in [6.45, 7) is 1.87. The lowest BCUT2D eigenvalue weighted by atomic mass is 10.1. The molecular weight excluding hydrogens is 253 g/mol. The standard InChI is InChI=1S/C13H14FNO4/c1-2-19-13(18)15-8-10-7-9(3-5-11(10)14)4-6-12(16)17/h3-7H,2,8H2,1H3,(H,15,18)(H,16,17)/b6-4+. The van der Waals surface area contributed by atoms with Gasteiger partial charge >= 0.3 is 12.1 Å². The highest BCUT2D eigenvalue weighted by Crippen LogP contribution is 2.12. The van der Waals surface area contributed by atoms with Crippen molar-refractivity contribution in [3.63, 3.8) is 0 Å². The molecule has 0 aliphatic heterocycles. The number of benzene rings is 1. The molecule has 0 fully saturated rings. The molecule has 2 N–H and O–H groups in total. The Bertz CT molecular complexity index is 499. The molecule has 0 aromatic heterocycles. The minimum Gasteiger partial charge on any atom is -0.478 e. The van der Waals surface area contributed by atoms with E-state index in [1.165, 1.54) is 24.3 Å². The molecule has 19 heavy (non-hydrogen) atoms. The molecule has 1 aromatic carbocycles. The maximum absolute atomic E-state index is 13.5. The normalized spacial score (nSPS) is 10.4. The van der Waals surface area contributed by atoms with Crippen molar-refractivity contribution >= 4 is 18.1 Å². The van der Waals surface area contributed by atoms with Gasteiger partial charge in [0.05, 0.1) is 6.61 Å². The molecule has 0 spiro atoms. The van der Waals surface area contributed by atoms with E-state index in [4.69, 9.17) is 5.11 Å². The van der Waals surface area contributed by atoms with Crippen LogP contribution in [-0.4, -0.2) is 23.8 Å². The molecule has 5 nitrogen and oxygen atoms in total. The first-order valence-electron chi connectivity index (χ1n) is 5.63. The fourth-order valence-electron chi connectivity index (χ4n) is 1.35. The number of ether oxygens (including phenoxy) is 1. The number of hydrogen-bond donors (Lipinski definition) is 2. The third-order valence-electron chi connectivity index (χ3n) is 2.19. The van der Waals surface area contributed by atoms with E-state index in [-0.39, 0.29) is 18.7 Å². The van der Waals surface area contributed by atoms with Crippen LogP contribution in [0.3, 0.4) is 0 Å². The Morgan fingerprint density at radius 1 is 1.47 bits per heavy atom. The number of carbonyl (C=O) groups is 2. The van der Waals surface area contributed by atoms with Gasteiger partial charge in [-0.1, -0.05) is 6.07 Å². The van der Waals surface area contributed by atoms with Gasteiger partial charge in [-0.05, 0) is 30.7 Å². The summed E-state index contributed by atoms with van der Waals surface area (Å²) in [5, 5.41) is 10.9. The van der Waals surface area contributed by atoms with Crippen molar-refractivity contribution in [2.75, 3.05) is 6.61 Å². The van der Waals surface area contributed by atoms with Gasteiger partial charge in [-0.2, -0.15) is 0 Å². The van der Waals surface area contributed by atoms with Crippen molar-refractivity contribution in [2.45, 2.75) is 13.5 Å². The third-order valence-corrected chi connectivity index (χ3v) is 2.19. The van der Waals surface area contributed by atoms with Crippen molar-refractivity contribution in [3.05, 3.63) is 41.2 Å². The molecule has 102 valence electrons. The summed E-state index contributed by atoms with van der Waals surface area (Å²) >= 11 is 0. The van der Waals surface area contributed by atoms with Crippen LogP contribution in [0.25, 0.3) is 6.08 Å². The van der Waals surface area contributed by atoms with E-state index in [2.05, 4.69) is 10.1 Å². The molecule has 0 bridgehead atoms. The first-order valence-corrected chi connectivity index (χ1v) is 5.63. The molecule has 1 aromatic rings. The molecule has 0 saturated carbocycles. The lowest BCUT2D eigenvalue weighted by Gasteiger charge is -2.07. The number of carboxylic acid groups (broad SMARTS) is 1. The smallest absolute Gasteiger partial charge is 0.407 e. The molecule has 0 saturated heterocycles. The number of carboxylic acids is 1. The Morgan fingerprint density at radius 2 is 2.21 bits per heavy atom. The fourth-order valence-corrected chi connectivity index (χ4v) is 1.35. The monoisotopic (exact) mass is 267 g/mol. The van der Waals surface area contributed by atoms with Crippen LogP contribution >= 0.6 is 0 Å². The highest BCUT2D eigenvalue weighted by Gasteiger charge is 2.05. The Labute approximate surface area is 109 Å². The van der Waals surface area contributed by atoms with Crippen LogP contribution in [0.4, 0.5) is 9.18 Å². The quantitative estimate of drug-likeness (QED) is 0.802. The van der Waals surface area contributed by atoms with E-state index >= 15 is 0 Å². The number of nitrogens with one attached hydrogen (secondary N) is 1. The summed E-state index contributed by atoms with van der Waals surface area (Å²) in [5.74, 6) is -1.57. The molecule has 1 rings (SSSR count). The number of carbonyl (C=O) groups excluding carboxylic acids is 1. The van der Waals surface area contributed by atoms with Crippen LogP contribution in [-0.2, 0) is 16.1 Å². The van der Waals surface area contributed by atoms with Crippen molar-refractivity contribution < 1.29 is 23.8 Å². The SMILES string of the molecule is CCOC(=O)NCc1cc(/C=C/C(=O)O)ccc1F. The molecule has 6 heteroatoms. The summed E-state index contributed by atoms with van der Waals surface area (Å²) in [6.07, 6.45) is 1.67. The zero-order valence-corrected chi connectivity index (χ0v) is 10.4. The fraction of sp³-hybridized carbons (Fsp3) is 0.231. The average molecular weight is 267 g/mol. The second-order valence-corrected chi connectivity index (χ2v) is 3.60. The third kappa shape index (κ3) is 5.20. The zero-order valence-electron chi connectivity index (χ0n) is 10.4. The average Bonchev–Trinajstić information content (AvgIpc) is 2.36. The van der Waals surface area contributed by atoms with Gasteiger partial charge in [-0.15, -0.1) is 0 Å². The largest absolute Gasteiger partial charge is 0.478 e.